The average Bonchev–Trinajstić information content (AvgIpc) is 2.95. The van der Waals surface area contributed by atoms with Gasteiger partial charge in [0.15, 0.2) is 6.61 Å². The summed E-state index contributed by atoms with van der Waals surface area (Å²) in [7, 11) is 0. The number of carbonyl (C=O) groups is 2. The van der Waals surface area contributed by atoms with E-state index in [1.54, 1.807) is 6.07 Å². The van der Waals surface area contributed by atoms with E-state index in [1.165, 1.54) is 23.6 Å². The molecule has 2 aromatic rings. The van der Waals surface area contributed by atoms with Crippen LogP contribution in [0.25, 0.3) is 0 Å². The molecule has 2 heterocycles. The normalized spacial score (nSPS) is 15.7. The van der Waals surface area contributed by atoms with Crippen LogP contribution in [0.2, 0.25) is 5.15 Å². The summed E-state index contributed by atoms with van der Waals surface area (Å²) < 4.78 is 4.98. The molecule has 3 rings (SSSR count). The van der Waals surface area contributed by atoms with Gasteiger partial charge in [-0.25, -0.2) is 9.78 Å². The molecule has 26 heavy (non-hydrogen) atoms. The number of nitriles is 1. The summed E-state index contributed by atoms with van der Waals surface area (Å²) in [6.07, 6.45) is 4.25. The molecule has 1 amide bonds. The first-order valence-electron chi connectivity index (χ1n) is 8.11. The number of esters is 1. The van der Waals surface area contributed by atoms with Gasteiger partial charge in [0.1, 0.15) is 16.2 Å². The summed E-state index contributed by atoms with van der Waals surface area (Å²) in [5.41, 5.74) is 1.65. The third-order valence-corrected chi connectivity index (χ3v) is 5.66. The molecule has 1 N–H and O–H groups in total. The van der Waals surface area contributed by atoms with E-state index in [0.717, 1.165) is 29.7 Å². The zero-order valence-electron chi connectivity index (χ0n) is 14.0. The van der Waals surface area contributed by atoms with Gasteiger partial charge in [-0.1, -0.05) is 18.5 Å². The molecule has 0 aromatic carbocycles. The van der Waals surface area contributed by atoms with Gasteiger partial charge in [0.05, 0.1) is 11.1 Å². The number of nitrogens with one attached hydrogen (secondary N) is 1. The van der Waals surface area contributed by atoms with E-state index in [0.29, 0.717) is 16.5 Å². The predicted molar refractivity (Wildman–Crippen MR) is 98.4 cm³/mol. The molecule has 6 nitrogen and oxygen atoms in total. The lowest BCUT2D eigenvalue weighted by Gasteiger charge is -2.17. The number of rotatable bonds is 4. The highest BCUT2D eigenvalue weighted by atomic mass is 35.5. The molecule has 0 bridgehead atoms. The summed E-state index contributed by atoms with van der Waals surface area (Å²) in [6, 6.07) is 5.21. The van der Waals surface area contributed by atoms with Gasteiger partial charge in [-0.15, -0.1) is 11.3 Å². The van der Waals surface area contributed by atoms with E-state index < -0.39 is 18.5 Å². The van der Waals surface area contributed by atoms with Crippen molar-refractivity contribution in [3.8, 4) is 6.07 Å². The van der Waals surface area contributed by atoms with Crippen molar-refractivity contribution in [1.82, 2.24) is 4.98 Å². The first-order chi connectivity index (χ1) is 12.5. The van der Waals surface area contributed by atoms with Gasteiger partial charge in [0.25, 0.3) is 5.91 Å². The second-order valence-corrected chi connectivity index (χ2v) is 7.60. The van der Waals surface area contributed by atoms with Gasteiger partial charge in [-0.2, -0.15) is 5.26 Å². The first-order valence-corrected chi connectivity index (χ1v) is 9.31. The third-order valence-electron chi connectivity index (χ3n) is 4.19. The minimum atomic E-state index is -0.724. The molecule has 1 aliphatic rings. The van der Waals surface area contributed by atoms with Crippen molar-refractivity contribution in [2.45, 2.75) is 26.2 Å². The molecule has 1 aliphatic carbocycles. The molecular formula is C18H16ClN3O3S. The number of nitrogens with zero attached hydrogens (tertiary/aromatic N) is 2. The lowest BCUT2D eigenvalue weighted by molar-refractivity contribution is -0.119. The number of halogens is 1. The SMILES string of the molecule is CC1CCc2c(sc(NC(=O)COC(=O)c3cccnc3Cl)c2C#N)C1. The highest BCUT2D eigenvalue weighted by molar-refractivity contribution is 7.16. The van der Waals surface area contributed by atoms with Crippen LogP contribution in [0.5, 0.6) is 0 Å². The number of fused-ring (bicyclic) bond motifs is 1. The fourth-order valence-corrected chi connectivity index (χ4v) is 4.44. The highest BCUT2D eigenvalue weighted by Crippen LogP contribution is 2.39. The lowest BCUT2D eigenvalue weighted by Crippen LogP contribution is -2.21. The Labute approximate surface area is 159 Å². The standard InChI is InChI=1S/C18H16ClN3O3S/c1-10-4-5-11-13(8-20)17(26-14(11)7-10)22-15(23)9-25-18(24)12-3-2-6-21-16(12)19/h2-3,6,10H,4-5,7,9H2,1H3,(H,22,23). The predicted octanol–water partition coefficient (Wildman–Crippen LogP) is 3.59. The maximum atomic E-state index is 12.1. The molecule has 0 saturated carbocycles. The van der Waals surface area contributed by atoms with E-state index in [-0.39, 0.29) is 10.7 Å². The van der Waals surface area contributed by atoms with Gasteiger partial charge in [0.2, 0.25) is 0 Å². The van der Waals surface area contributed by atoms with Gasteiger partial charge < -0.3 is 10.1 Å². The number of thiophene rings is 1. The third kappa shape index (κ3) is 3.87. The van der Waals surface area contributed by atoms with Crippen molar-refractivity contribution in [1.29, 1.82) is 5.26 Å². The van der Waals surface area contributed by atoms with Crippen LogP contribution < -0.4 is 5.32 Å². The first kappa shape index (κ1) is 18.4. The highest BCUT2D eigenvalue weighted by Gasteiger charge is 2.25. The average molecular weight is 390 g/mol. The Bertz CT molecular complexity index is 904. The number of amides is 1. The topological polar surface area (TPSA) is 92.1 Å². The minimum absolute atomic E-state index is 0.0183. The summed E-state index contributed by atoms with van der Waals surface area (Å²) in [6.45, 7) is 1.71. The van der Waals surface area contributed by atoms with Crippen LogP contribution in [0, 0.1) is 17.2 Å². The summed E-state index contributed by atoms with van der Waals surface area (Å²) in [5.74, 6) is -0.652. The molecule has 0 aliphatic heterocycles. The second kappa shape index (κ2) is 7.85. The molecule has 134 valence electrons. The van der Waals surface area contributed by atoms with Gasteiger partial charge in [-0.3, -0.25) is 4.79 Å². The van der Waals surface area contributed by atoms with Crippen LogP contribution in [-0.4, -0.2) is 23.5 Å². The Morgan fingerprint density at radius 1 is 1.54 bits per heavy atom. The largest absolute Gasteiger partial charge is 0.452 e. The van der Waals surface area contributed by atoms with Crippen molar-refractivity contribution in [2.24, 2.45) is 5.92 Å². The Balaban J connectivity index is 1.65. The maximum absolute atomic E-state index is 12.1. The van der Waals surface area contributed by atoms with Gasteiger partial charge >= 0.3 is 5.97 Å². The Morgan fingerprint density at radius 3 is 3.08 bits per heavy atom. The van der Waals surface area contributed by atoms with E-state index >= 15 is 0 Å². The number of anilines is 1. The Kier molecular flexibility index (Phi) is 5.55. The molecular weight excluding hydrogens is 374 g/mol. The molecule has 1 atom stereocenters. The smallest absolute Gasteiger partial charge is 0.341 e. The summed E-state index contributed by atoms with van der Waals surface area (Å²) in [5, 5.41) is 12.7. The van der Waals surface area contributed by atoms with Crippen molar-refractivity contribution in [3.63, 3.8) is 0 Å². The van der Waals surface area contributed by atoms with Crippen molar-refractivity contribution in [2.75, 3.05) is 11.9 Å². The fraction of sp³-hybridized carbons (Fsp3) is 0.333. The molecule has 8 heteroatoms. The van der Waals surface area contributed by atoms with Crippen LogP contribution in [0.4, 0.5) is 5.00 Å². The van der Waals surface area contributed by atoms with Crippen LogP contribution in [-0.2, 0) is 22.4 Å². The van der Waals surface area contributed by atoms with Crippen LogP contribution in [0.15, 0.2) is 18.3 Å². The quantitative estimate of drug-likeness (QED) is 0.637. The molecule has 1 unspecified atom stereocenters. The Hall–Kier alpha value is -2.43. The number of hydrogen-bond acceptors (Lipinski definition) is 6. The summed E-state index contributed by atoms with van der Waals surface area (Å²) in [4.78, 5) is 29.0. The fourth-order valence-electron chi connectivity index (χ4n) is 2.87. The minimum Gasteiger partial charge on any atom is -0.452 e. The monoisotopic (exact) mass is 389 g/mol. The van der Waals surface area contributed by atoms with Crippen molar-refractivity contribution < 1.29 is 14.3 Å². The summed E-state index contributed by atoms with van der Waals surface area (Å²) >= 11 is 7.25. The van der Waals surface area contributed by atoms with E-state index in [1.807, 2.05) is 0 Å². The number of ether oxygens (including phenoxy) is 1. The lowest BCUT2D eigenvalue weighted by atomic mass is 9.89. The zero-order chi connectivity index (χ0) is 18.7. The Morgan fingerprint density at radius 2 is 2.35 bits per heavy atom. The molecule has 0 fully saturated rings. The van der Waals surface area contributed by atoms with Crippen LogP contribution in [0.3, 0.4) is 0 Å². The second-order valence-electron chi connectivity index (χ2n) is 6.13. The van der Waals surface area contributed by atoms with Crippen molar-refractivity contribution in [3.05, 3.63) is 45.1 Å². The molecule has 0 saturated heterocycles. The number of pyridine rings is 1. The van der Waals surface area contributed by atoms with Gasteiger partial charge in [-0.05, 0) is 42.9 Å². The molecule has 0 spiro atoms. The zero-order valence-corrected chi connectivity index (χ0v) is 15.6. The maximum Gasteiger partial charge on any atom is 0.341 e. The van der Waals surface area contributed by atoms with E-state index in [2.05, 4.69) is 23.3 Å². The number of carbonyl (C=O) groups excluding carboxylic acids is 2. The number of aromatic nitrogens is 1. The number of hydrogen-bond donors (Lipinski definition) is 1. The van der Waals surface area contributed by atoms with E-state index in [9.17, 15) is 14.9 Å². The van der Waals surface area contributed by atoms with Crippen molar-refractivity contribution >= 4 is 39.8 Å². The molecule has 2 aromatic heterocycles. The van der Waals surface area contributed by atoms with E-state index in [4.69, 9.17) is 16.3 Å². The van der Waals surface area contributed by atoms with Crippen LogP contribution >= 0.6 is 22.9 Å². The molecule has 0 radical (unpaired) electrons. The van der Waals surface area contributed by atoms with Gasteiger partial charge in [0, 0.05) is 11.1 Å². The van der Waals surface area contributed by atoms with Crippen LogP contribution in [0.1, 0.15) is 39.7 Å².